The molecule has 0 N–H and O–H groups in total. The number of benzene rings is 2. The molecule has 0 atom stereocenters. The second-order valence-corrected chi connectivity index (χ2v) is 6.24. The van der Waals surface area contributed by atoms with E-state index in [4.69, 9.17) is 4.74 Å². The molecule has 0 aromatic heterocycles. The van der Waals surface area contributed by atoms with Crippen LogP contribution in [0.15, 0.2) is 59.1 Å². The Hall–Kier alpha value is -1.61. The second-order valence-electron chi connectivity index (χ2n) is 5.32. The summed E-state index contributed by atoms with van der Waals surface area (Å²) in [6.07, 6.45) is 0. The zero-order chi connectivity index (χ0) is 14.6. The van der Waals surface area contributed by atoms with Crippen LogP contribution < -0.4 is 4.74 Å². The highest BCUT2D eigenvalue weighted by Crippen LogP contribution is 2.24. The Kier molecular flexibility index (Phi) is 4.61. The van der Waals surface area contributed by atoms with Gasteiger partial charge in [-0.1, -0.05) is 46.3 Å². The van der Waals surface area contributed by atoms with Crippen LogP contribution in [0.3, 0.4) is 0 Å². The van der Waals surface area contributed by atoms with Crippen molar-refractivity contribution >= 4 is 21.7 Å². The van der Waals surface area contributed by atoms with Crippen LogP contribution in [0, 0.1) is 5.41 Å². The third-order valence-corrected chi connectivity index (χ3v) is 3.59. The molecule has 0 aliphatic carbocycles. The van der Waals surface area contributed by atoms with Gasteiger partial charge in [-0.15, -0.1) is 0 Å². The Labute approximate surface area is 127 Å². The molecular formula is C17H17BrO2. The Bertz CT molecular complexity index is 574. The molecule has 2 aromatic carbocycles. The van der Waals surface area contributed by atoms with E-state index in [0.717, 1.165) is 15.8 Å². The molecule has 0 heterocycles. The Morgan fingerprint density at radius 2 is 1.65 bits per heavy atom. The number of hydrogen-bond acceptors (Lipinski definition) is 2. The minimum absolute atomic E-state index is 0.0928. The molecule has 2 rings (SSSR count). The number of carbonyl (C=O) groups excluding carboxylic acids is 1. The van der Waals surface area contributed by atoms with Crippen LogP contribution in [-0.2, 0) is 0 Å². The van der Waals surface area contributed by atoms with Crippen molar-refractivity contribution in [1.82, 2.24) is 0 Å². The fourth-order valence-electron chi connectivity index (χ4n) is 1.84. The summed E-state index contributed by atoms with van der Waals surface area (Å²) in [4.78, 5) is 12.5. The van der Waals surface area contributed by atoms with Gasteiger partial charge in [0.05, 0.1) is 5.41 Å². The van der Waals surface area contributed by atoms with Gasteiger partial charge in [0.2, 0.25) is 0 Å². The smallest absolute Gasteiger partial charge is 0.171 e. The molecule has 0 saturated heterocycles. The molecule has 104 valence electrons. The zero-order valence-corrected chi connectivity index (χ0v) is 13.2. The van der Waals surface area contributed by atoms with Crippen LogP contribution >= 0.6 is 15.9 Å². The van der Waals surface area contributed by atoms with Crippen molar-refractivity contribution in [2.45, 2.75) is 13.8 Å². The Morgan fingerprint density at radius 3 is 2.25 bits per heavy atom. The van der Waals surface area contributed by atoms with Crippen molar-refractivity contribution in [1.29, 1.82) is 0 Å². The maximum atomic E-state index is 12.5. The van der Waals surface area contributed by atoms with E-state index >= 15 is 0 Å². The number of hydrogen-bond donors (Lipinski definition) is 0. The lowest BCUT2D eigenvalue weighted by Gasteiger charge is -2.23. The third kappa shape index (κ3) is 3.70. The van der Waals surface area contributed by atoms with Crippen LogP contribution in [-0.4, -0.2) is 12.4 Å². The van der Waals surface area contributed by atoms with Crippen LogP contribution in [0.4, 0.5) is 0 Å². The Morgan fingerprint density at radius 1 is 1.05 bits per heavy atom. The molecule has 0 aliphatic heterocycles. The first-order valence-electron chi connectivity index (χ1n) is 6.47. The van der Waals surface area contributed by atoms with Gasteiger partial charge in [0.15, 0.2) is 5.78 Å². The van der Waals surface area contributed by atoms with Crippen molar-refractivity contribution in [3.63, 3.8) is 0 Å². The van der Waals surface area contributed by atoms with Crippen molar-refractivity contribution in [3.05, 3.63) is 64.6 Å². The third-order valence-electron chi connectivity index (χ3n) is 3.06. The lowest BCUT2D eigenvalue weighted by atomic mass is 9.85. The van der Waals surface area contributed by atoms with Crippen molar-refractivity contribution in [2.24, 2.45) is 5.41 Å². The molecule has 0 spiro atoms. The van der Waals surface area contributed by atoms with Crippen molar-refractivity contribution < 1.29 is 9.53 Å². The summed E-state index contributed by atoms with van der Waals surface area (Å²) in [6.45, 7) is 4.16. The summed E-state index contributed by atoms with van der Waals surface area (Å²) in [5.74, 6) is 0.859. The summed E-state index contributed by atoms with van der Waals surface area (Å²) in [6, 6.07) is 16.9. The van der Waals surface area contributed by atoms with E-state index in [1.54, 1.807) is 0 Å². The molecule has 0 bridgehead atoms. The monoisotopic (exact) mass is 332 g/mol. The van der Waals surface area contributed by atoms with E-state index in [1.165, 1.54) is 0 Å². The van der Waals surface area contributed by atoms with Gasteiger partial charge in [0.25, 0.3) is 0 Å². The number of carbonyl (C=O) groups is 1. The first-order valence-corrected chi connectivity index (χ1v) is 7.26. The molecule has 0 unspecified atom stereocenters. The minimum atomic E-state index is -0.561. The van der Waals surface area contributed by atoms with Gasteiger partial charge in [-0.3, -0.25) is 4.79 Å². The molecule has 3 heteroatoms. The number of rotatable bonds is 5. The molecule has 0 aliphatic rings. The number of ketones is 1. The highest BCUT2D eigenvalue weighted by atomic mass is 79.9. The van der Waals surface area contributed by atoms with E-state index in [2.05, 4.69) is 15.9 Å². The van der Waals surface area contributed by atoms with Gasteiger partial charge in [-0.25, -0.2) is 0 Å². The maximum Gasteiger partial charge on any atom is 0.171 e. The molecular weight excluding hydrogens is 316 g/mol. The first-order chi connectivity index (χ1) is 9.49. The predicted octanol–water partition coefficient (Wildman–Crippen LogP) is 4.74. The highest BCUT2D eigenvalue weighted by Gasteiger charge is 2.29. The predicted molar refractivity (Wildman–Crippen MR) is 84.2 cm³/mol. The van der Waals surface area contributed by atoms with E-state index in [0.29, 0.717) is 6.61 Å². The van der Waals surface area contributed by atoms with Gasteiger partial charge in [0.1, 0.15) is 12.4 Å². The van der Waals surface area contributed by atoms with Gasteiger partial charge >= 0.3 is 0 Å². The molecule has 20 heavy (non-hydrogen) atoms. The van der Waals surface area contributed by atoms with Crippen molar-refractivity contribution in [3.8, 4) is 5.75 Å². The summed E-state index contributed by atoms with van der Waals surface area (Å²) in [7, 11) is 0. The lowest BCUT2D eigenvalue weighted by molar-refractivity contribution is 0.0751. The van der Waals surface area contributed by atoms with E-state index in [9.17, 15) is 4.79 Å². The fourth-order valence-corrected chi connectivity index (χ4v) is 2.10. The number of ether oxygens (including phenoxy) is 1. The number of Topliss-reactive ketones (excluding diaryl/α,β-unsaturated/α-hetero) is 1. The van der Waals surface area contributed by atoms with Crippen molar-refractivity contribution in [2.75, 3.05) is 6.61 Å². The standard InChI is InChI=1S/C17H17BrO2/c1-17(2,16(19)13-6-4-3-5-7-13)12-20-15-10-8-14(18)9-11-15/h3-11H,12H2,1-2H3. The molecule has 0 amide bonds. The summed E-state index contributed by atoms with van der Waals surface area (Å²) in [5.41, 5.74) is 0.158. The summed E-state index contributed by atoms with van der Waals surface area (Å²) >= 11 is 3.38. The van der Waals surface area contributed by atoms with Crippen LogP contribution in [0.25, 0.3) is 0 Å². The first kappa shape index (κ1) is 14.8. The molecule has 0 fully saturated rings. The minimum Gasteiger partial charge on any atom is -0.493 e. The molecule has 2 nitrogen and oxygen atoms in total. The highest BCUT2D eigenvalue weighted by molar-refractivity contribution is 9.10. The number of halogens is 1. The summed E-state index contributed by atoms with van der Waals surface area (Å²) < 4.78 is 6.73. The average molecular weight is 333 g/mol. The molecule has 0 saturated carbocycles. The quantitative estimate of drug-likeness (QED) is 0.739. The normalized spacial score (nSPS) is 11.2. The zero-order valence-electron chi connectivity index (χ0n) is 11.6. The van der Waals surface area contributed by atoms with Gasteiger partial charge in [-0.05, 0) is 38.1 Å². The van der Waals surface area contributed by atoms with Crippen LogP contribution in [0.1, 0.15) is 24.2 Å². The van der Waals surface area contributed by atoms with Gasteiger partial charge in [-0.2, -0.15) is 0 Å². The van der Waals surface area contributed by atoms with Crippen LogP contribution in [0.5, 0.6) is 5.75 Å². The van der Waals surface area contributed by atoms with E-state index in [-0.39, 0.29) is 5.78 Å². The van der Waals surface area contributed by atoms with Gasteiger partial charge < -0.3 is 4.74 Å². The topological polar surface area (TPSA) is 26.3 Å². The molecule has 2 aromatic rings. The van der Waals surface area contributed by atoms with Gasteiger partial charge in [0, 0.05) is 10.0 Å². The second kappa shape index (κ2) is 6.23. The van der Waals surface area contributed by atoms with E-state index in [1.807, 2.05) is 68.4 Å². The largest absolute Gasteiger partial charge is 0.493 e. The van der Waals surface area contributed by atoms with Crippen LogP contribution in [0.2, 0.25) is 0 Å². The fraction of sp³-hybridized carbons (Fsp3) is 0.235. The summed E-state index contributed by atoms with van der Waals surface area (Å²) in [5, 5.41) is 0. The SMILES string of the molecule is CC(C)(COc1ccc(Br)cc1)C(=O)c1ccccc1. The average Bonchev–Trinajstić information content (AvgIpc) is 2.47. The maximum absolute atomic E-state index is 12.5. The molecule has 0 radical (unpaired) electrons. The lowest BCUT2D eigenvalue weighted by Crippen LogP contribution is -2.31. The Balaban J connectivity index is 2.03. The van der Waals surface area contributed by atoms with E-state index < -0.39 is 5.41 Å².